The Morgan fingerprint density at radius 1 is 1.29 bits per heavy atom. The van der Waals surface area contributed by atoms with Crippen LogP contribution in [-0.4, -0.2) is 56.9 Å². The van der Waals surface area contributed by atoms with Gasteiger partial charge >= 0.3 is 6.09 Å². The second-order valence-electron chi connectivity index (χ2n) is 8.05. The molecule has 28 heavy (non-hydrogen) atoms. The summed E-state index contributed by atoms with van der Waals surface area (Å²) in [6.07, 6.45) is 2.97. The number of amides is 1. The van der Waals surface area contributed by atoms with Gasteiger partial charge in [-0.1, -0.05) is 22.9 Å². The summed E-state index contributed by atoms with van der Waals surface area (Å²) < 4.78 is 19.7. The van der Waals surface area contributed by atoms with Crippen molar-refractivity contribution in [1.82, 2.24) is 20.1 Å². The van der Waals surface area contributed by atoms with Gasteiger partial charge in [0.2, 0.25) is 5.13 Å². The summed E-state index contributed by atoms with van der Waals surface area (Å²) >= 11 is 7.03. The normalized spacial score (nSPS) is 21.9. The Balaban J connectivity index is 1.50. The van der Waals surface area contributed by atoms with Crippen molar-refractivity contribution in [1.29, 1.82) is 0 Å². The van der Waals surface area contributed by atoms with Crippen LogP contribution in [0.3, 0.4) is 0 Å². The van der Waals surface area contributed by atoms with Crippen LogP contribution in [0.2, 0.25) is 5.15 Å². The van der Waals surface area contributed by atoms with Crippen LogP contribution in [0.25, 0.3) is 10.6 Å². The maximum Gasteiger partial charge on any atom is 0.410 e. The first-order valence-electron chi connectivity index (χ1n) is 9.12. The highest BCUT2D eigenvalue weighted by molar-refractivity contribution is 7.18. The van der Waals surface area contributed by atoms with Gasteiger partial charge in [-0.25, -0.2) is 14.2 Å². The lowest BCUT2D eigenvalue weighted by molar-refractivity contribution is 0.0123. The Hall–Kier alpha value is -2.00. The predicted octanol–water partition coefficient (Wildman–Crippen LogP) is 3.98. The monoisotopic (exact) mass is 425 g/mol. The minimum absolute atomic E-state index is 0.0786. The molecule has 0 aliphatic carbocycles. The summed E-state index contributed by atoms with van der Waals surface area (Å²) in [4.78, 5) is 20.5. The molecule has 1 amide bonds. The van der Waals surface area contributed by atoms with E-state index in [2.05, 4.69) is 20.1 Å². The molecule has 2 aliphatic heterocycles. The van der Waals surface area contributed by atoms with E-state index in [4.69, 9.17) is 16.3 Å². The number of rotatable bonds is 2. The topological polar surface area (TPSA) is 71.5 Å². The van der Waals surface area contributed by atoms with Crippen molar-refractivity contribution >= 4 is 34.2 Å². The van der Waals surface area contributed by atoms with E-state index >= 15 is 0 Å². The van der Waals surface area contributed by atoms with Crippen molar-refractivity contribution in [2.24, 2.45) is 0 Å². The number of halogens is 2. The van der Waals surface area contributed by atoms with Crippen molar-refractivity contribution in [2.45, 2.75) is 51.3 Å². The van der Waals surface area contributed by atoms with Crippen LogP contribution in [0.15, 0.2) is 12.3 Å². The van der Waals surface area contributed by atoms with Gasteiger partial charge in [0, 0.05) is 25.4 Å². The number of carbonyl (C=O) groups excluding carboxylic acids is 1. The molecule has 2 aliphatic rings. The smallest absolute Gasteiger partial charge is 0.410 e. The quantitative estimate of drug-likeness (QED) is 0.678. The van der Waals surface area contributed by atoms with E-state index in [9.17, 15) is 9.18 Å². The van der Waals surface area contributed by atoms with Gasteiger partial charge < -0.3 is 9.64 Å². The van der Waals surface area contributed by atoms with E-state index in [0.29, 0.717) is 23.2 Å². The van der Waals surface area contributed by atoms with Crippen LogP contribution in [0.4, 0.5) is 14.3 Å². The lowest BCUT2D eigenvalue weighted by atomic mass is 10.2. The van der Waals surface area contributed by atoms with Gasteiger partial charge in [-0.05, 0) is 33.6 Å². The largest absolute Gasteiger partial charge is 0.444 e. The molecule has 150 valence electrons. The van der Waals surface area contributed by atoms with Gasteiger partial charge in [0.25, 0.3) is 0 Å². The first kappa shape index (κ1) is 19.3. The van der Waals surface area contributed by atoms with Crippen LogP contribution in [0.5, 0.6) is 0 Å². The van der Waals surface area contributed by atoms with Crippen molar-refractivity contribution in [2.75, 3.05) is 18.0 Å². The number of nitrogens with zero attached hydrogens (tertiary/aromatic N) is 5. The average Bonchev–Trinajstić information content (AvgIpc) is 3.16. The van der Waals surface area contributed by atoms with E-state index in [0.717, 1.165) is 18.9 Å². The summed E-state index contributed by atoms with van der Waals surface area (Å²) in [6, 6.07) is 1.32. The highest BCUT2D eigenvalue weighted by atomic mass is 35.5. The average molecular weight is 426 g/mol. The zero-order chi connectivity index (χ0) is 20.1. The van der Waals surface area contributed by atoms with Crippen LogP contribution in [0.1, 0.15) is 33.6 Å². The van der Waals surface area contributed by atoms with Crippen molar-refractivity contribution in [3.8, 4) is 10.6 Å². The van der Waals surface area contributed by atoms with Crippen LogP contribution in [-0.2, 0) is 4.74 Å². The Labute approximate surface area is 171 Å². The molecule has 10 heteroatoms. The summed E-state index contributed by atoms with van der Waals surface area (Å²) in [6.45, 7) is 6.93. The maximum absolute atomic E-state index is 14.1. The third kappa shape index (κ3) is 3.77. The number of carbonyl (C=O) groups is 1. The number of aromatic nitrogens is 3. The molecule has 2 unspecified atom stereocenters. The summed E-state index contributed by atoms with van der Waals surface area (Å²) in [5.74, 6) is -0.475. The van der Waals surface area contributed by atoms with E-state index in [1.54, 1.807) is 0 Å². The second-order valence-corrected chi connectivity index (χ2v) is 9.40. The lowest BCUT2D eigenvalue weighted by Gasteiger charge is -2.41. The molecule has 0 spiro atoms. The van der Waals surface area contributed by atoms with Gasteiger partial charge in [0.1, 0.15) is 16.6 Å². The molecule has 0 aromatic carbocycles. The first-order valence-corrected chi connectivity index (χ1v) is 10.3. The van der Waals surface area contributed by atoms with E-state index in [1.165, 1.54) is 17.5 Å². The molecule has 4 rings (SSSR count). The number of fused-ring (bicyclic) bond motifs is 2. The zero-order valence-corrected chi connectivity index (χ0v) is 17.4. The molecule has 2 aromatic rings. The van der Waals surface area contributed by atoms with Gasteiger partial charge in [0.05, 0.1) is 17.6 Å². The SMILES string of the molecule is CC(C)(C)OC(=O)N1C2CCC1CN(c1nnc(-c3cnc(Cl)cc3F)s1)C2. The van der Waals surface area contributed by atoms with Crippen molar-refractivity contribution in [3.05, 3.63) is 23.2 Å². The molecule has 0 saturated carbocycles. The fourth-order valence-electron chi connectivity index (χ4n) is 3.69. The molecular weight excluding hydrogens is 405 g/mol. The number of hydrogen-bond donors (Lipinski definition) is 0. The molecule has 4 heterocycles. The fourth-order valence-corrected chi connectivity index (χ4v) is 4.71. The summed E-state index contributed by atoms with van der Waals surface area (Å²) in [5, 5.41) is 9.63. The summed E-state index contributed by atoms with van der Waals surface area (Å²) in [5.41, 5.74) is -0.234. The van der Waals surface area contributed by atoms with Crippen LogP contribution < -0.4 is 4.90 Å². The van der Waals surface area contributed by atoms with Crippen LogP contribution >= 0.6 is 22.9 Å². The summed E-state index contributed by atoms with van der Waals surface area (Å²) in [7, 11) is 0. The minimum Gasteiger partial charge on any atom is -0.444 e. The lowest BCUT2D eigenvalue weighted by Crippen LogP contribution is -2.56. The van der Waals surface area contributed by atoms with E-state index in [-0.39, 0.29) is 28.9 Å². The Morgan fingerprint density at radius 3 is 2.57 bits per heavy atom. The first-order chi connectivity index (χ1) is 13.2. The standard InChI is InChI=1S/C18H21ClFN5O2S/c1-18(2,3)27-17(26)25-10-4-5-11(25)9-24(8-10)16-23-22-15(28-16)12-7-21-14(19)6-13(12)20/h6-7,10-11H,4-5,8-9H2,1-3H3. The molecule has 2 atom stereocenters. The predicted molar refractivity (Wildman–Crippen MR) is 105 cm³/mol. The molecular formula is C18H21ClFN5O2S. The van der Waals surface area contributed by atoms with Crippen molar-refractivity contribution < 1.29 is 13.9 Å². The molecule has 0 N–H and O–H groups in total. The van der Waals surface area contributed by atoms with Gasteiger partial charge in [-0.2, -0.15) is 0 Å². The van der Waals surface area contributed by atoms with Gasteiger partial charge in [-0.15, -0.1) is 10.2 Å². The number of hydrogen-bond acceptors (Lipinski definition) is 7. The Kier molecular flexibility index (Phi) is 4.91. The van der Waals surface area contributed by atoms with E-state index < -0.39 is 11.4 Å². The number of anilines is 1. The van der Waals surface area contributed by atoms with Gasteiger partial charge in [-0.3, -0.25) is 4.90 Å². The molecule has 0 radical (unpaired) electrons. The number of ether oxygens (including phenoxy) is 1. The maximum atomic E-state index is 14.1. The highest BCUT2D eigenvalue weighted by Crippen LogP contribution is 2.37. The molecule has 2 bridgehead atoms. The minimum atomic E-state index is -0.515. The molecule has 7 nitrogen and oxygen atoms in total. The third-order valence-corrected chi connectivity index (χ3v) is 6.05. The number of piperazine rings is 1. The molecule has 2 saturated heterocycles. The Bertz CT molecular complexity index is 888. The highest BCUT2D eigenvalue weighted by Gasteiger charge is 2.45. The zero-order valence-electron chi connectivity index (χ0n) is 15.9. The molecule has 2 aromatic heterocycles. The second kappa shape index (κ2) is 7.11. The van der Waals surface area contributed by atoms with Crippen molar-refractivity contribution in [3.63, 3.8) is 0 Å². The Morgan fingerprint density at radius 2 is 1.96 bits per heavy atom. The number of pyridine rings is 1. The van der Waals surface area contributed by atoms with E-state index in [1.807, 2.05) is 25.7 Å². The van der Waals surface area contributed by atoms with Gasteiger partial charge in [0.15, 0.2) is 5.01 Å². The van der Waals surface area contributed by atoms with Crippen LogP contribution in [0, 0.1) is 5.82 Å². The third-order valence-electron chi connectivity index (χ3n) is 4.82. The molecule has 2 fully saturated rings. The fraction of sp³-hybridized carbons (Fsp3) is 0.556.